The summed E-state index contributed by atoms with van der Waals surface area (Å²) in [5.74, 6) is 0.630. The van der Waals surface area contributed by atoms with Gasteiger partial charge in [0.25, 0.3) is 0 Å². The maximum Gasteiger partial charge on any atom is 0.158 e. The summed E-state index contributed by atoms with van der Waals surface area (Å²) in [6.45, 7) is 16.3. The number of hydrogen-bond acceptors (Lipinski definition) is 2. The van der Waals surface area contributed by atoms with Crippen molar-refractivity contribution in [2.45, 2.75) is 83.5 Å². The minimum Gasteiger partial charge on any atom is -0.353 e. The summed E-state index contributed by atoms with van der Waals surface area (Å²) < 4.78 is 12.0. The van der Waals surface area contributed by atoms with Gasteiger partial charge in [-0.05, 0) is 38.7 Å². The first-order valence-corrected chi connectivity index (χ1v) is 11.6. The third-order valence-corrected chi connectivity index (χ3v) is 7.60. The van der Waals surface area contributed by atoms with Gasteiger partial charge in [0.2, 0.25) is 0 Å². The summed E-state index contributed by atoms with van der Waals surface area (Å²) in [6.07, 6.45) is 6.76. The molecule has 0 bridgehead atoms. The molecule has 1 aliphatic rings. The molecule has 0 amide bonds. The van der Waals surface area contributed by atoms with E-state index in [1.54, 1.807) is 0 Å². The summed E-state index contributed by atoms with van der Waals surface area (Å²) in [4.78, 5) is 0. The van der Waals surface area contributed by atoms with Crippen molar-refractivity contribution in [3.05, 3.63) is 12.7 Å². The maximum atomic E-state index is 6.11. The van der Waals surface area contributed by atoms with E-state index in [1.807, 2.05) is 0 Å². The highest BCUT2D eigenvalue weighted by molar-refractivity contribution is 6.77. The molecule has 1 fully saturated rings. The van der Waals surface area contributed by atoms with E-state index < -0.39 is 8.07 Å². The Morgan fingerprint density at radius 2 is 2.10 bits per heavy atom. The van der Waals surface area contributed by atoms with Crippen molar-refractivity contribution in [2.24, 2.45) is 5.92 Å². The van der Waals surface area contributed by atoms with Crippen LogP contribution in [-0.2, 0) is 9.47 Å². The molecule has 1 heterocycles. The summed E-state index contributed by atoms with van der Waals surface area (Å²) in [6, 6.07) is 2.58. The van der Waals surface area contributed by atoms with E-state index in [9.17, 15) is 0 Å². The zero-order chi connectivity index (χ0) is 15.2. The molecule has 1 aliphatic heterocycles. The quantitative estimate of drug-likeness (QED) is 0.330. The molecular formula is C17H34O2Si. The van der Waals surface area contributed by atoms with Gasteiger partial charge in [0, 0.05) is 13.0 Å². The lowest BCUT2D eigenvalue weighted by Gasteiger charge is -2.29. The van der Waals surface area contributed by atoms with E-state index in [-0.39, 0.29) is 11.9 Å². The smallest absolute Gasteiger partial charge is 0.158 e. The van der Waals surface area contributed by atoms with Crippen molar-refractivity contribution >= 4 is 8.07 Å². The van der Waals surface area contributed by atoms with Crippen LogP contribution in [0.25, 0.3) is 0 Å². The van der Waals surface area contributed by atoms with Crippen molar-refractivity contribution in [1.29, 1.82) is 0 Å². The molecule has 0 radical (unpaired) electrons. The summed E-state index contributed by atoms with van der Waals surface area (Å²) in [7, 11) is -1.10. The summed E-state index contributed by atoms with van der Waals surface area (Å²) in [5, 5.41) is 0. The van der Waals surface area contributed by atoms with E-state index in [1.165, 1.54) is 24.9 Å². The normalized spacial score (nSPS) is 25.9. The van der Waals surface area contributed by atoms with Crippen LogP contribution in [0.1, 0.15) is 46.5 Å². The van der Waals surface area contributed by atoms with Crippen molar-refractivity contribution in [3.63, 3.8) is 0 Å². The van der Waals surface area contributed by atoms with Gasteiger partial charge in [0.1, 0.15) is 0 Å². The van der Waals surface area contributed by atoms with Gasteiger partial charge in [-0.15, -0.1) is 6.58 Å². The molecule has 0 aromatic rings. The molecule has 1 saturated heterocycles. The molecular weight excluding hydrogens is 264 g/mol. The number of allylic oxidation sites excluding steroid dienone is 1. The zero-order valence-corrected chi connectivity index (χ0v) is 15.2. The Balaban J connectivity index is 2.43. The molecule has 2 nitrogen and oxygen atoms in total. The molecule has 0 aromatic carbocycles. The highest BCUT2D eigenvalue weighted by Gasteiger charge is 2.42. The first-order chi connectivity index (χ1) is 9.30. The van der Waals surface area contributed by atoms with Crippen LogP contribution in [0.5, 0.6) is 0 Å². The van der Waals surface area contributed by atoms with Gasteiger partial charge in [-0.2, -0.15) is 0 Å². The second-order valence-corrected chi connectivity index (χ2v) is 12.7. The minimum atomic E-state index is -1.10. The van der Waals surface area contributed by atoms with Crippen LogP contribution in [-0.4, -0.2) is 26.6 Å². The molecule has 0 aromatic heterocycles. The van der Waals surface area contributed by atoms with Gasteiger partial charge in [-0.1, -0.05) is 38.6 Å². The standard InChI is InChI=1S/C17H34O2Si/c1-7-9-11-18-16-14-15(17(3,4)19-16)10-13-20(5,6)12-8-2/h8,15-16H,2,7,9-14H2,1,3-6H3. The highest BCUT2D eigenvalue weighted by atomic mass is 28.3. The molecule has 20 heavy (non-hydrogen) atoms. The molecule has 0 aliphatic carbocycles. The monoisotopic (exact) mass is 298 g/mol. The molecule has 0 spiro atoms. The average Bonchev–Trinajstić information content (AvgIpc) is 2.62. The van der Waals surface area contributed by atoms with Crippen LogP contribution in [0.15, 0.2) is 12.7 Å². The molecule has 3 heteroatoms. The second-order valence-electron chi connectivity index (χ2n) is 7.50. The molecule has 0 saturated carbocycles. The predicted molar refractivity (Wildman–Crippen MR) is 89.8 cm³/mol. The summed E-state index contributed by atoms with van der Waals surface area (Å²) in [5.41, 5.74) is -0.0322. The van der Waals surface area contributed by atoms with Crippen LogP contribution in [0, 0.1) is 5.92 Å². The van der Waals surface area contributed by atoms with E-state index >= 15 is 0 Å². The van der Waals surface area contributed by atoms with Crippen molar-refractivity contribution in [3.8, 4) is 0 Å². The Kier molecular flexibility index (Phi) is 6.96. The Bertz CT molecular complexity index is 299. The number of ether oxygens (including phenoxy) is 2. The van der Waals surface area contributed by atoms with Crippen LogP contribution in [0.4, 0.5) is 0 Å². The van der Waals surface area contributed by atoms with Crippen LogP contribution < -0.4 is 0 Å². The maximum absolute atomic E-state index is 6.11. The first kappa shape index (κ1) is 17.9. The lowest BCUT2D eigenvalue weighted by atomic mass is 9.88. The third kappa shape index (κ3) is 5.70. The van der Waals surface area contributed by atoms with E-state index in [2.05, 4.69) is 46.5 Å². The minimum absolute atomic E-state index is 0.0192. The predicted octanol–water partition coefficient (Wildman–Crippen LogP) is 5.23. The zero-order valence-electron chi connectivity index (χ0n) is 14.2. The van der Waals surface area contributed by atoms with Gasteiger partial charge < -0.3 is 9.47 Å². The Hall–Kier alpha value is -0.123. The van der Waals surface area contributed by atoms with Crippen molar-refractivity contribution in [1.82, 2.24) is 0 Å². The van der Waals surface area contributed by atoms with Gasteiger partial charge in [-0.25, -0.2) is 0 Å². The van der Waals surface area contributed by atoms with E-state index in [0.29, 0.717) is 5.92 Å². The van der Waals surface area contributed by atoms with Gasteiger partial charge >= 0.3 is 0 Å². The SMILES string of the molecule is C=CC[Si](C)(C)CCC1CC(OCCCC)OC1(C)C. The highest BCUT2D eigenvalue weighted by Crippen LogP contribution is 2.40. The summed E-state index contributed by atoms with van der Waals surface area (Å²) >= 11 is 0. The van der Waals surface area contributed by atoms with E-state index in [0.717, 1.165) is 19.4 Å². The van der Waals surface area contributed by atoms with Crippen LogP contribution in [0.3, 0.4) is 0 Å². The Morgan fingerprint density at radius 1 is 1.40 bits per heavy atom. The van der Waals surface area contributed by atoms with Crippen molar-refractivity contribution < 1.29 is 9.47 Å². The third-order valence-electron chi connectivity index (χ3n) is 4.56. The fraction of sp³-hybridized carbons (Fsp3) is 0.882. The topological polar surface area (TPSA) is 18.5 Å². The van der Waals surface area contributed by atoms with Crippen molar-refractivity contribution in [2.75, 3.05) is 6.61 Å². The second kappa shape index (κ2) is 7.76. The Labute approximate surface area is 126 Å². The molecule has 2 atom stereocenters. The van der Waals surface area contributed by atoms with Crippen LogP contribution >= 0.6 is 0 Å². The largest absolute Gasteiger partial charge is 0.353 e. The number of rotatable bonds is 9. The van der Waals surface area contributed by atoms with Gasteiger partial charge in [-0.3, -0.25) is 0 Å². The van der Waals surface area contributed by atoms with E-state index in [4.69, 9.17) is 9.47 Å². The molecule has 2 unspecified atom stereocenters. The fourth-order valence-corrected chi connectivity index (χ4v) is 5.10. The average molecular weight is 299 g/mol. The lowest BCUT2D eigenvalue weighted by molar-refractivity contribution is -0.161. The fourth-order valence-electron chi connectivity index (χ4n) is 2.98. The van der Waals surface area contributed by atoms with Gasteiger partial charge in [0.15, 0.2) is 6.29 Å². The Morgan fingerprint density at radius 3 is 2.70 bits per heavy atom. The first-order valence-electron chi connectivity index (χ1n) is 8.21. The van der Waals surface area contributed by atoms with Crippen LogP contribution in [0.2, 0.25) is 25.2 Å². The molecule has 118 valence electrons. The number of hydrogen-bond donors (Lipinski definition) is 0. The lowest BCUT2D eigenvalue weighted by Crippen LogP contribution is -2.31. The molecule has 1 rings (SSSR count). The van der Waals surface area contributed by atoms with Gasteiger partial charge in [0.05, 0.1) is 13.7 Å². The number of unbranched alkanes of at least 4 members (excludes halogenated alkanes) is 1. The molecule has 0 N–H and O–H groups in total.